The maximum Gasteiger partial charge on any atom is 0.119 e. The fourth-order valence-electron chi connectivity index (χ4n) is 1.58. The van der Waals surface area contributed by atoms with Crippen LogP contribution >= 0.6 is 11.3 Å². The lowest BCUT2D eigenvalue weighted by Crippen LogP contribution is -2.03. The molecule has 0 radical (unpaired) electrons. The van der Waals surface area contributed by atoms with Crippen LogP contribution in [0.15, 0.2) is 42.5 Å². The number of hydrogen-bond donors (Lipinski definition) is 1. The molecule has 2 nitrogen and oxygen atoms in total. The first-order valence-electron chi connectivity index (χ1n) is 5.68. The van der Waals surface area contributed by atoms with E-state index >= 15 is 0 Å². The van der Waals surface area contributed by atoms with E-state index in [2.05, 4.69) is 0 Å². The van der Waals surface area contributed by atoms with Crippen LogP contribution in [0.2, 0.25) is 0 Å². The van der Waals surface area contributed by atoms with Crippen LogP contribution in [0, 0.1) is 6.92 Å². The molecule has 2 rings (SSSR count). The van der Waals surface area contributed by atoms with Crippen molar-refractivity contribution in [2.45, 2.75) is 19.4 Å². The number of ether oxygens (including phenoxy) is 1. The molecule has 90 valence electrons. The smallest absolute Gasteiger partial charge is 0.119 e. The predicted octanol–water partition coefficient (Wildman–Crippen LogP) is 3.56. The van der Waals surface area contributed by atoms with Gasteiger partial charge < -0.3 is 9.84 Å². The molecule has 0 spiro atoms. The Labute approximate surface area is 105 Å². The van der Waals surface area contributed by atoms with E-state index in [-0.39, 0.29) is 0 Å². The summed E-state index contributed by atoms with van der Waals surface area (Å²) in [5.74, 6) is 0.849. The largest absolute Gasteiger partial charge is 0.493 e. The van der Waals surface area contributed by atoms with Crippen LogP contribution in [0.25, 0.3) is 0 Å². The van der Waals surface area contributed by atoms with E-state index in [1.807, 2.05) is 49.4 Å². The number of hydrogen-bond acceptors (Lipinski definition) is 3. The third-order valence-corrected chi connectivity index (χ3v) is 3.59. The molecule has 0 bridgehead atoms. The first-order valence-corrected chi connectivity index (χ1v) is 6.49. The zero-order valence-corrected chi connectivity index (χ0v) is 10.6. The maximum atomic E-state index is 9.94. The van der Waals surface area contributed by atoms with Crippen molar-refractivity contribution in [3.8, 4) is 5.75 Å². The minimum absolute atomic E-state index is 0.419. The summed E-state index contributed by atoms with van der Waals surface area (Å²) in [6.45, 7) is 2.57. The third-order valence-electron chi connectivity index (χ3n) is 2.49. The molecule has 0 aliphatic heterocycles. The number of aliphatic hydroxyl groups is 1. The van der Waals surface area contributed by atoms with Crippen LogP contribution in [0.4, 0.5) is 0 Å². The van der Waals surface area contributed by atoms with E-state index in [4.69, 9.17) is 4.74 Å². The second-order valence-corrected chi connectivity index (χ2v) is 5.23. The molecular weight excluding hydrogens is 232 g/mol. The van der Waals surface area contributed by atoms with Crippen molar-refractivity contribution in [2.24, 2.45) is 0 Å². The van der Waals surface area contributed by atoms with Gasteiger partial charge in [0.05, 0.1) is 12.7 Å². The van der Waals surface area contributed by atoms with E-state index in [0.29, 0.717) is 13.0 Å². The van der Waals surface area contributed by atoms with Crippen molar-refractivity contribution >= 4 is 11.3 Å². The SMILES string of the molecule is Cc1ccc(C(O)CCOc2ccccc2)s1. The van der Waals surface area contributed by atoms with Gasteiger partial charge in [0, 0.05) is 16.2 Å². The molecule has 1 aromatic heterocycles. The lowest BCUT2D eigenvalue weighted by molar-refractivity contribution is 0.144. The van der Waals surface area contributed by atoms with Gasteiger partial charge in [-0.3, -0.25) is 0 Å². The number of benzene rings is 1. The molecule has 2 aromatic rings. The molecule has 3 heteroatoms. The fraction of sp³-hybridized carbons (Fsp3) is 0.286. The Hall–Kier alpha value is -1.32. The number of para-hydroxylation sites is 1. The van der Waals surface area contributed by atoms with Crippen molar-refractivity contribution in [2.75, 3.05) is 6.61 Å². The summed E-state index contributed by atoms with van der Waals surface area (Å²) >= 11 is 1.64. The van der Waals surface area contributed by atoms with Gasteiger partial charge in [-0.15, -0.1) is 11.3 Å². The van der Waals surface area contributed by atoms with Gasteiger partial charge in [-0.05, 0) is 31.2 Å². The molecular formula is C14H16O2S. The zero-order valence-electron chi connectivity index (χ0n) is 9.80. The highest BCUT2D eigenvalue weighted by Crippen LogP contribution is 2.25. The Kier molecular flexibility index (Phi) is 4.18. The highest BCUT2D eigenvalue weighted by atomic mass is 32.1. The molecule has 1 unspecified atom stereocenters. The normalized spacial score (nSPS) is 12.4. The first-order chi connectivity index (χ1) is 8.25. The van der Waals surface area contributed by atoms with Gasteiger partial charge in [-0.2, -0.15) is 0 Å². The average molecular weight is 248 g/mol. The van der Waals surface area contributed by atoms with Crippen LogP contribution in [-0.2, 0) is 0 Å². The first kappa shape index (κ1) is 12.1. The molecule has 0 saturated carbocycles. The monoisotopic (exact) mass is 248 g/mol. The standard InChI is InChI=1S/C14H16O2S/c1-11-7-8-14(17-11)13(15)9-10-16-12-5-3-2-4-6-12/h2-8,13,15H,9-10H2,1H3. The summed E-state index contributed by atoms with van der Waals surface area (Å²) in [4.78, 5) is 2.24. The molecule has 1 atom stereocenters. The zero-order chi connectivity index (χ0) is 12.1. The number of aryl methyl sites for hydroxylation is 1. The van der Waals surface area contributed by atoms with Gasteiger partial charge in [0.1, 0.15) is 5.75 Å². The quantitative estimate of drug-likeness (QED) is 0.876. The van der Waals surface area contributed by atoms with Crippen LogP contribution in [0.3, 0.4) is 0 Å². The van der Waals surface area contributed by atoms with Crippen molar-refractivity contribution in [1.82, 2.24) is 0 Å². The summed E-state index contributed by atoms with van der Waals surface area (Å²) < 4.78 is 5.55. The Bertz CT molecular complexity index is 450. The van der Waals surface area contributed by atoms with Crippen LogP contribution in [-0.4, -0.2) is 11.7 Å². The van der Waals surface area contributed by atoms with E-state index in [9.17, 15) is 5.11 Å². The molecule has 17 heavy (non-hydrogen) atoms. The number of aliphatic hydroxyl groups excluding tert-OH is 1. The average Bonchev–Trinajstić information content (AvgIpc) is 2.77. The summed E-state index contributed by atoms with van der Waals surface area (Å²) in [6, 6.07) is 13.7. The van der Waals surface area contributed by atoms with Crippen molar-refractivity contribution in [3.63, 3.8) is 0 Å². The van der Waals surface area contributed by atoms with Crippen molar-refractivity contribution in [3.05, 3.63) is 52.2 Å². The fourth-order valence-corrected chi connectivity index (χ4v) is 2.48. The summed E-state index contributed by atoms with van der Waals surface area (Å²) in [6.07, 6.45) is 0.201. The molecule has 0 aliphatic rings. The number of rotatable bonds is 5. The van der Waals surface area contributed by atoms with Crippen LogP contribution in [0.1, 0.15) is 22.3 Å². The minimum atomic E-state index is -0.419. The minimum Gasteiger partial charge on any atom is -0.493 e. The van der Waals surface area contributed by atoms with Crippen LogP contribution in [0.5, 0.6) is 5.75 Å². The summed E-state index contributed by atoms with van der Waals surface area (Å²) in [5, 5.41) is 9.94. The molecule has 1 aromatic carbocycles. The van der Waals surface area contributed by atoms with Gasteiger partial charge in [0.2, 0.25) is 0 Å². The molecule has 0 fully saturated rings. The number of thiophene rings is 1. The van der Waals surface area contributed by atoms with Crippen LogP contribution < -0.4 is 4.74 Å². The lowest BCUT2D eigenvalue weighted by Gasteiger charge is -2.09. The Morgan fingerprint density at radius 3 is 2.59 bits per heavy atom. The topological polar surface area (TPSA) is 29.5 Å². The molecule has 0 aliphatic carbocycles. The lowest BCUT2D eigenvalue weighted by atomic mass is 10.2. The molecule has 0 saturated heterocycles. The van der Waals surface area contributed by atoms with Gasteiger partial charge >= 0.3 is 0 Å². The predicted molar refractivity (Wildman–Crippen MR) is 70.6 cm³/mol. The van der Waals surface area contributed by atoms with Gasteiger partial charge in [0.15, 0.2) is 0 Å². The second-order valence-electron chi connectivity index (χ2n) is 3.91. The molecule has 0 amide bonds. The highest BCUT2D eigenvalue weighted by molar-refractivity contribution is 7.12. The Morgan fingerprint density at radius 1 is 1.18 bits per heavy atom. The third kappa shape index (κ3) is 3.58. The summed E-state index contributed by atoms with van der Waals surface area (Å²) in [5.41, 5.74) is 0. The Morgan fingerprint density at radius 2 is 1.94 bits per heavy atom. The van der Waals surface area contributed by atoms with E-state index in [1.54, 1.807) is 11.3 Å². The maximum absolute atomic E-state index is 9.94. The van der Waals surface area contributed by atoms with Crippen molar-refractivity contribution < 1.29 is 9.84 Å². The van der Waals surface area contributed by atoms with Crippen molar-refractivity contribution in [1.29, 1.82) is 0 Å². The molecule has 1 N–H and O–H groups in total. The van der Waals surface area contributed by atoms with E-state index in [0.717, 1.165) is 10.6 Å². The second kappa shape index (κ2) is 5.84. The van der Waals surface area contributed by atoms with E-state index < -0.39 is 6.10 Å². The highest BCUT2D eigenvalue weighted by Gasteiger charge is 2.09. The molecule has 1 heterocycles. The van der Waals surface area contributed by atoms with Gasteiger partial charge in [0.25, 0.3) is 0 Å². The van der Waals surface area contributed by atoms with Gasteiger partial charge in [-0.25, -0.2) is 0 Å². The Balaban J connectivity index is 1.79. The van der Waals surface area contributed by atoms with Gasteiger partial charge in [-0.1, -0.05) is 18.2 Å². The van der Waals surface area contributed by atoms with E-state index in [1.165, 1.54) is 4.88 Å². The summed E-state index contributed by atoms with van der Waals surface area (Å²) in [7, 11) is 0.